The van der Waals surface area contributed by atoms with Crippen molar-refractivity contribution in [3.63, 3.8) is 0 Å². The molecule has 0 aromatic carbocycles. The normalized spacial score (nSPS) is 14.9. The third-order valence-electron chi connectivity index (χ3n) is 2.34. The van der Waals surface area contributed by atoms with E-state index in [2.05, 4.69) is 40.1 Å². The van der Waals surface area contributed by atoms with Gasteiger partial charge in [0.2, 0.25) is 0 Å². The van der Waals surface area contributed by atoms with Crippen molar-refractivity contribution in [2.24, 2.45) is 0 Å². The van der Waals surface area contributed by atoms with Crippen LogP contribution in [-0.2, 0) is 0 Å². The first-order chi connectivity index (χ1) is 7.66. The quantitative estimate of drug-likeness (QED) is 0.930. The summed E-state index contributed by atoms with van der Waals surface area (Å²) in [5.74, 6) is 0.947. The fourth-order valence-electron chi connectivity index (χ4n) is 1.53. The van der Waals surface area contributed by atoms with Gasteiger partial charge in [-0.05, 0) is 41.9 Å². The Morgan fingerprint density at radius 2 is 2.25 bits per heavy atom. The number of aromatic nitrogens is 1. The van der Waals surface area contributed by atoms with Gasteiger partial charge in [0.15, 0.2) is 0 Å². The molecule has 2 atom stereocenters. The molecule has 2 aromatic rings. The molecular formula is C11H13BrN2OS. The lowest BCUT2D eigenvalue weighted by Crippen LogP contribution is -2.21. The zero-order chi connectivity index (χ0) is 11.5. The van der Waals surface area contributed by atoms with E-state index >= 15 is 0 Å². The predicted octanol–water partition coefficient (Wildman–Crippen LogP) is 3.91. The molecule has 0 bridgehead atoms. The monoisotopic (exact) mass is 300 g/mol. The summed E-state index contributed by atoms with van der Waals surface area (Å²) < 4.78 is 6.41. The van der Waals surface area contributed by atoms with E-state index in [-0.39, 0.29) is 12.1 Å². The van der Waals surface area contributed by atoms with Crippen LogP contribution < -0.4 is 5.32 Å². The Kier molecular flexibility index (Phi) is 3.78. The molecule has 0 spiro atoms. The zero-order valence-corrected chi connectivity index (χ0v) is 11.5. The molecule has 0 aliphatic carbocycles. The number of nitrogens with zero attached hydrogens (tertiary/aromatic N) is 1. The second-order valence-corrected chi connectivity index (χ2v) is 6.07. The third kappa shape index (κ3) is 2.72. The molecule has 0 radical (unpaired) electrons. The molecule has 5 heteroatoms. The van der Waals surface area contributed by atoms with E-state index in [0.717, 1.165) is 14.6 Å². The van der Waals surface area contributed by atoms with Crippen LogP contribution in [0.15, 0.2) is 32.8 Å². The summed E-state index contributed by atoms with van der Waals surface area (Å²) in [6, 6.07) is 4.28. The van der Waals surface area contributed by atoms with Gasteiger partial charge in [-0.1, -0.05) is 0 Å². The maximum absolute atomic E-state index is 5.35. The molecule has 16 heavy (non-hydrogen) atoms. The predicted molar refractivity (Wildman–Crippen MR) is 68.5 cm³/mol. The topological polar surface area (TPSA) is 38.1 Å². The number of nitrogens with one attached hydrogen (secondary N) is 1. The highest BCUT2D eigenvalue weighted by molar-refractivity contribution is 9.11. The van der Waals surface area contributed by atoms with Crippen LogP contribution in [0.4, 0.5) is 0 Å². The summed E-state index contributed by atoms with van der Waals surface area (Å²) in [7, 11) is 0. The minimum Gasteiger partial charge on any atom is -0.468 e. The van der Waals surface area contributed by atoms with Crippen LogP contribution >= 0.6 is 27.3 Å². The highest BCUT2D eigenvalue weighted by Gasteiger charge is 2.15. The number of rotatable bonds is 4. The minimum absolute atomic E-state index is 0.188. The van der Waals surface area contributed by atoms with Gasteiger partial charge in [0, 0.05) is 0 Å². The molecule has 3 nitrogen and oxygen atoms in total. The highest BCUT2D eigenvalue weighted by atomic mass is 79.9. The molecule has 0 aliphatic heterocycles. The number of furan rings is 1. The average molecular weight is 301 g/mol. The van der Waals surface area contributed by atoms with Gasteiger partial charge >= 0.3 is 0 Å². The summed E-state index contributed by atoms with van der Waals surface area (Å²) in [5, 5.41) is 4.52. The molecular weight excluding hydrogens is 288 g/mol. The van der Waals surface area contributed by atoms with Gasteiger partial charge in [0.1, 0.15) is 10.8 Å². The van der Waals surface area contributed by atoms with Gasteiger partial charge in [-0.15, -0.1) is 11.3 Å². The lowest BCUT2D eigenvalue weighted by molar-refractivity contribution is 0.402. The van der Waals surface area contributed by atoms with E-state index in [9.17, 15) is 0 Å². The molecule has 1 N–H and O–H groups in total. The van der Waals surface area contributed by atoms with Crippen LogP contribution in [0.1, 0.15) is 36.7 Å². The van der Waals surface area contributed by atoms with Crippen molar-refractivity contribution < 1.29 is 4.42 Å². The minimum atomic E-state index is 0.188. The molecule has 0 saturated carbocycles. The Morgan fingerprint density at radius 1 is 1.44 bits per heavy atom. The van der Waals surface area contributed by atoms with E-state index in [1.54, 1.807) is 17.6 Å². The first-order valence-electron chi connectivity index (χ1n) is 5.07. The molecule has 0 amide bonds. The maximum Gasteiger partial charge on any atom is 0.120 e. The Balaban J connectivity index is 2.00. The maximum atomic E-state index is 5.35. The Hall–Kier alpha value is -0.650. The summed E-state index contributed by atoms with van der Waals surface area (Å²) in [6.45, 7) is 4.18. The third-order valence-corrected chi connectivity index (χ3v) is 3.99. The van der Waals surface area contributed by atoms with Crippen molar-refractivity contribution in [3.8, 4) is 0 Å². The van der Waals surface area contributed by atoms with E-state index in [0.29, 0.717) is 0 Å². The second-order valence-electron chi connectivity index (χ2n) is 3.63. The fraction of sp³-hybridized carbons (Fsp3) is 0.364. The first kappa shape index (κ1) is 11.8. The van der Waals surface area contributed by atoms with Crippen molar-refractivity contribution in [1.29, 1.82) is 0 Å². The zero-order valence-electron chi connectivity index (χ0n) is 9.11. The summed E-state index contributed by atoms with van der Waals surface area (Å²) in [6.07, 6.45) is 3.52. The molecule has 0 aliphatic rings. The lowest BCUT2D eigenvalue weighted by Gasteiger charge is -2.16. The second kappa shape index (κ2) is 5.12. The first-order valence-corrected chi connectivity index (χ1v) is 6.68. The molecule has 0 saturated heterocycles. The Bertz CT molecular complexity index is 441. The average Bonchev–Trinajstić information content (AvgIpc) is 2.87. The summed E-state index contributed by atoms with van der Waals surface area (Å²) in [4.78, 5) is 4.33. The van der Waals surface area contributed by atoms with Gasteiger partial charge in [-0.3, -0.25) is 5.32 Å². The van der Waals surface area contributed by atoms with Crippen molar-refractivity contribution in [2.75, 3.05) is 0 Å². The largest absolute Gasteiger partial charge is 0.468 e. The van der Waals surface area contributed by atoms with Gasteiger partial charge in [0.25, 0.3) is 0 Å². The van der Waals surface area contributed by atoms with Gasteiger partial charge < -0.3 is 4.42 Å². The van der Waals surface area contributed by atoms with E-state index in [1.165, 1.54) is 0 Å². The van der Waals surface area contributed by atoms with Crippen LogP contribution in [-0.4, -0.2) is 4.98 Å². The van der Waals surface area contributed by atoms with Crippen molar-refractivity contribution >= 4 is 27.3 Å². The van der Waals surface area contributed by atoms with E-state index in [1.807, 2.05) is 18.3 Å². The van der Waals surface area contributed by atoms with Crippen molar-refractivity contribution in [1.82, 2.24) is 10.3 Å². The van der Waals surface area contributed by atoms with Crippen LogP contribution in [0.3, 0.4) is 0 Å². The van der Waals surface area contributed by atoms with Crippen LogP contribution in [0, 0.1) is 0 Å². The fourth-order valence-corrected chi connectivity index (χ4v) is 2.79. The Labute approximate surface area is 107 Å². The van der Waals surface area contributed by atoms with Crippen LogP contribution in [0.5, 0.6) is 0 Å². The molecule has 2 unspecified atom stereocenters. The molecule has 2 heterocycles. The van der Waals surface area contributed by atoms with Gasteiger partial charge in [-0.25, -0.2) is 4.98 Å². The summed E-state index contributed by atoms with van der Waals surface area (Å²) >= 11 is 5.06. The summed E-state index contributed by atoms with van der Waals surface area (Å²) in [5.41, 5.74) is 0. The highest BCUT2D eigenvalue weighted by Crippen LogP contribution is 2.26. The van der Waals surface area contributed by atoms with Crippen LogP contribution in [0.2, 0.25) is 0 Å². The lowest BCUT2D eigenvalue weighted by atomic mass is 10.2. The van der Waals surface area contributed by atoms with Crippen LogP contribution in [0.25, 0.3) is 0 Å². The SMILES string of the molecule is CC(NC(C)c1ncc(Br)s1)c1ccco1. The molecule has 86 valence electrons. The number of thiazole rings is 1. The smallest absolute Gasteiger partial charge is 0.120 e. The standard InChI is InChI=1S/C11H13BrN2OS/c1-7(9-4-3-5-15-9)14-8(2)11-13-6-10(12)16-11/h3-8,14H,1-2H3. The Morgan fingerprint density at radius 3 is 2.81 bits per heavy atom. The van der Waals surface area contributed by atoms with Gasteiger partial charge in [0.05, 0.1) is 28.3 Å². The van der Waals surface area contributed by atoms with Crippen molar-refractivity contribution in [2.45, 2.75) is 25.9 Å². The number of hydrogen-bond donors (Lipinski definition) is 1. The van der Waals surface area contributed by atoms with Crippen molar-refractivity contribution in [3.05, 3.63) is 39.1 Å². The number of hydrogen-bond acceptors (Lipinski definition) is 4. The molecule has 2 rings (SSSR count). The van der Waals surface area contributed by atoms with E-state index < -0.39 is 0 Å². The number of halogens is 1. The van der Waals surface area contributed by atoms with Gasteiger partial charge in [-0.2, -0.15) is 0 Å². The molecule has 0 fully saturated rings. The van der Waals surface area contributed by atoms with E-state index in [4.69, 9.17) is 4.42 Å². The molecule has 2 aromatic heterocycles.